The van der Waals surface area contributed by atoms with E-state index in [1.165, 1.54) is 0 Å². The first kappa shape index (κ1) is 16.6. The second-order valence-corrected chi connectivity index (χ2v) is 5.39. The molecule has 0 aliphatic heterocycles. The van der Waals surface area contributed by atoms with Crippen molar-refractivity contribution in [1.82, 2.24) is 0 Å². The van der Waals surface area contributed by atoms with Gasteiger partial charge in [-0.2, -0.15) is 0 Å². The zero-order valence-electron chi connectivity index (χ0n) is 10.3. The van der Waals surface area contributed by atoms with Crippen LogP contribution < -0.4 is 17.7 Å². The third kappa shape index (κ3) is 4.55. The molecule has 0 fully saturated rings. The van der Waals surface area contributed by atoms with Crippen molar-refractivity contribution < 1.29 is 17.7 Å². The van der Waals surface area contributed by atoms with Gasteiger partial charge in [-0.05, 0) is 30.7 Å². The lowest BCUT2D eigenvalue weighted by molar-refractivity contribution is -0.588. The van der Waals surface area contributed by atoms with E-state index in [4.69, 9.17) is 34.8 Å². The molecule has 0 aliphatic rings. The van der Waals surface area contributed by atoms with E-state index >= 15 is 0 Å². The SMILES string of the molecule is Cc1ccc([NH2+]Cc2ccc(Cl)c(Cl)c2)cc1Cl.[Cl-]. The average molecular weight is 337 g/mol. The van der Waals surface area contributed by atoms with Crippen molar-refractivity contribution in [3.8, 4) is 0 Å². The smallest absolute Gasteiger partial charge is 0.131 e. The Morgan fingerprint density at radius 3 is 2.26 bits per heavy atom. The Morgan fingerprint density at radius 2 is 1.63 bits per heavy atom. The van der Waals surface area contributed by atoms with Crippen LogP contribution in [-0.2, 0) is 6.54 Å². The van der Waals surface area contributed by atoms with Crippen LogP contribution in [0.2, 0.25) is 15.1 Å². The molecule has 0 saturated carbocycles. The van der Waals surface area contributed by atoms with Gasteiger partial charge in [-0.1, -0.05) is 46.9 Å². The van der Waals surface area contributed by atoms with Crippen LogP contribution >= 0.6 is 34.8 Å². The second kappa shape index (κ2) is 7.37. The molecule has 2 rings (SSSR count). The minimum absolute atomic E-state index is 0. The first-order valence-electron chi connectivity index (χ1n) is 5.59. The van der Waals surface area contributed by atoms with Crippen LogP contribution in [0.25, 0.3) is 0 Å². The van der Waals surface area contributed by atoms with E-state index in [2.05, 4.69) is 11.4 Å². The monoisotopic (exact) mass is 335 g/mol. The van der Waals surface area contributed by atoms with Crippen LogP contribution in [0.1, 0.15) is 11.1 Å². The second-order valence-electron chi connectivity index (χ2n) is 4.17. The average Bonchev–Trinajstić information content (AvgIpc) is 2.35. The molecular weight excluding hydrogens is 324 g/mol. The summed E-state index contributed by atoms with van der Waals surface area (Å²) in [5.41, 5.74) is 3.32. The zero-order valence-corrected chi connectivity index (χ0v) is 13.3. The summed E-state index contributed by atoms with van der Waals surface area (Å²) < 4.78 is 0. The standard InChI is InChI=1S/C14H12Cl3N.ClH/c1-9-2-4-11(7-13(9)16)18-8-10-3-5-12(15)14(17)6-10;/h2-7,18H,8H2,1H3;1H. The molecule has 0 spiro atoms. The fourth-order valence-electron chi connectivity index (χ4n) is 1.64. The molecular formula is C14H13Cl4N. The van der Waals surface area contributed by atoms with Gasteiger partial charge in [0.1, 0.15) is 12.2 Å². The molecule has 102 valence electrons. The van der Waals surface area contributed by atoms with Crippen molar-refractivity contribution in [2.75, 3.05) is 0 Å². The summed E-state index contributed by atoms with van der Waals surface area (Å²) in [4.78, 5) is 0. The number of hydrogen-bond donors (Lipinski definition) is 1. The molecule has 1 nitrogen and oxygen atoms in total. The molecule has 2 N–H and O–H groups in total. The van der Waals surface area contributed by atoms with Crippen molar-refractivity contribution in [2.24, 2.45) is 0 Å². The van der Waals surface area contributed by atoms with Crippen LogP contribution in [0.4, 0.5) is 5.69 Å². The Morgan fingerprint density at radius 1 is 0.895 bits per heavy atom. The van der Waals surface area contributed by atoms with Gasteiger partial charge in [0.25, 0.3) is 0 Å². The van der Waals surface area contributed by atoms with Crippen LogP contribution in [0, 0.1) is 6.92 Å². The van der Waals surface area contributed by atoms with Crippen molar-refractivity contribution >= 4 is 40.5 Å². The van der Waals surface area contributed by atoms with Crippen LogP contribution in [-0.4, -0.2) is 0 Å². The fraction of sp³-hybridized carbons (Fsp3) is 0.143. The number of halogens is 4. The molecule has 19 heavy (non-hydrogen) atoms. The highest BCUT2D eigenvalue weighted by Crippen LogP contribution is 2.22. The third-order valence-electron chi connectivity index (χ3n) is 2.75. The molecule has 2 aromatic rings. The van der Waals surface area contributed by atoms with E-state index in [0.717, 1.165) is 28.4 Å². The Labute approximate surface area is 134 Å². The van der Waals surface area contributed by atoms with E-state index in [1.807, 2.05) is 37.3 Å². The third-order valence-corrected chi connectivity index (χ3v) is 3.90. The fourth-order valence-corrected chi connectivity index (χ4v) is 2.15. The minimum Gasteiger partial charge on any atom is -1.00 e. The maximum Gasteiger partial charge on any atom is 0.131 e. The molecule has 0 amide bonds. The summed E-state index contributed by atoms with van der Waals surface area (Å²) in [5.74, 6) is 0. The van der Waals surface area contributed by atoms with Crippen molar-refractivity contribution in [3.63, 3.8) is 0 Å². The summed E-state index contributed by atoms with van der Waals surface area (Å²) in [5, 5.41) is 4.08. The topological polar surface area (TPSA) is 16.6 Å². The molecule has 5 heteroatoms. The highest BCUT2D eigenvalue weighted by molar-refractivity contribution is 6.42. The number of benzene rings is 2. The van der Waals surface area contributed by atoms with E-state index in [1.54, 1.807) is 0 Å². The van der Waals surface area contributed by atoms with Gasteiger partial charge in [0, 0.05) is 16.7 Å². The molecule has 0 radical (unpaired) electrons. The van der Waals surface area contributed by atoms with Gasteiger partial charge in [0.05, 0.1) is 10.0 Å². The van der Waals surface area contributed by atoms with E-state index in [9.17, 15) is 0 Å². The zero-order chi connectivity index (χ0) is 13.1. The predicted molar refractivity (Wildman–Crippen MR) is 77.9 cm³/mol. The molecule has 0 bridgehead atoms. The molecule has 0 saturated heterocycles. The molecule has 0 heterocycles. The molecule has 2 aromatic carbocycles. The van der Waals surface area contributed by atoms with Crippen LogP contribution in [0.5, 0.6) is 0 Å². The minimum atomic E-state index is 0. The maximum atomic E-state index is 6.08. The quantitative estimate of drug-likeness (QED) is 0.815. The molecule has 0 aliphatic carbocycles. The number of rotatable bonds is 3. The first-order valence-corrected chi connectivity index (χ1v) is 6.73. The molecule has 0 unspecified atom stereocenters. The van der Waals surface area contributed by atoms with Gasteiger partial charge in [0.2, 0.25) is 0 Å². The summed E-state index contributed by atoms with van der Waals surface area (Å²) in [6.07, 6.45) is 0. The highest BCUT2D eigenvalue weighted by atomic mass is 35.5. The van der Waals surface area contributed by atoms with Gasteiger partial charge in [-0.15, -0.1) is 0 Å². The Hall–Kier alpha value is -0.440. The maximum absolute atomic E-state index is 6.08. The summed E-state index contributed by atoms with van der Waals surface area (Å²) in [6, 6.07) is 11.7. The Balaban J connectivity index is 0.00000180. The largest absolute Gasteiger partial charge is 1.00 e. The van der Waals surface area contributed by atoms with Gasteiger partial charge in [-0.25, -0.2) is 0 Å². The lowest BCUT2D eigenvalue weighted by atomic mass is 10.2. The van der Waals surface area contributed by atoms with Crippen molar-refractivity contribution in [2.45, 2.75) is 13.5 Å². The normalized spacial score (nSPS) is 10.1. The van der Waals surface area contributed by atoms with Gasteiger partial charge in [-0.3, -0.25) is 0 Å². The number of hydrogen-bond acceptors (Lipinski definition) is 0. The van der Waals surface area contributed by atoms with Gasteiger partial charge >= 0.3 is 0 Å². The molecule has 0 atom stereocenters. The summed E-state index contributed by atoms with van der Waals surface area (Å²) >= 11 is 17.9. The van der Waals surface area contributed by atoms with Gasteiger partial charge in [0.15, 0.2) is 0 Å². The number of quaternary nitrogens is 1. The predicted octanol–water partition coefficient (Wildman–Crippen LogP) is 1.35. The number of nitrogens with two attached hydrogens (primary N) is 1. The lowest BCUT2D eigenvalue weighted by Gasteiger charge is -2.04. The Kier molecular flexibility index (Phi) is 6.45. The van der Waals surface area contributed by atoms with Crippen LogP contribution in [0.15, 0.2) is 36.4 Å². The number of aryl methyl sites for hydroxylation is 1. The first-order chi connectivity index (χ1) is 8.56. The summed E-state index contributed by atoms with van der Waals surface area (Å²) in [7, 11) is 0. The van der Waals surface area contributed by atoms with Crippen molar-refractivity contribution in [1.29, 1.82) is 0 Å². The van der Waals surface area contributed by atoms with Crippen molar-refractivity contribution in [3.05, 3.63) is 62.6 Å². The highest BCUT2D eigenvalue weighted by Gasteiger charge is 2.04. The van der Waals surface area contributed by atoms with Crippen LogP contribution in [0.3, 0.4) is 0 Å². The van der Waals surface area contributed by atoms with E-state index < -0.39 is 0 Å². The summed E-state index contributed by atoms with van der Waals surface area (Å²) in [6.45, 7) is 2.79. The van der Waals surface area contributed by atoms with E-state index in [-0.39, 0.29) is 12.4 Å². The molecule has 0 aromatic heterocycles. The van der Waals surface area contributed by atoms with Gasteiger partial charge < -0.3 is 17.7 Å². The van der Waals surface area contributed by atoms with E-state index in [0.29, 0.717) is 10.0 Å². The lowest BCUT2D eigenvalue weighted by Crippen LogP contribution is -3.00. The Bertz CT molecular complexity index is 518.